The van der Waals surface area contributed by atoms with E-state index >= 15 is 0 Å². The smallest absolute Gasteiger partial charge is 0.239 e. The second kappa shape index (κ2) is 8.44. The molecule has 1 aliphatic heterocycles. The van der Waals surface area contributed by atoms with Gasteiger partial charge in [-0.05, 0) is 54.1 Å². The first-order chi connectivity index (χ1) is 14.5. The van der Waals surface area contributed by atoms with Gasteiger partial charge in [-0.3, -0.25) is 4.79 Å². The molecule has 1 unspecified atom stereocenters. The molecule has 1 atom stereocenters. The third-order valence-corrected chi connectivity index (χ3v) is 5.37. The Balaban J connectivity index is 1.47. The molecule has 154 valence electrons. The summed E-state index contributed by atoms with van der Waals surface area (Å²) < 4.78 is 18.4. The van der Waals surface area contributed by atoms with Gasteiger partial charge in [0.1, 0.15) is 11.2 Å². The van der Waals surface area contributed by atoms with Gasteiger partial charge in [0.25, 0.3) is 0 Å². The van der Waals surface area contributed by atoms with Gasteiger partial charge in [-0.15, -0.1) is 0 Å². The molecular formula is C23H20ClFN2O3. The summed E-state index contributed by atoms with van der Waals surface area (Å²) in [7, 11) is 0. The van der Waals surface area contributed by atoms with Crippen molar-refractivity contribution >= 4 is 28.9 Å². The number of carbonyl (C=O) groups is 1. The molecule has 3 aromatic carbocycles. The molecule has 3 aromatic rings. The van der Waals surface area contributed by atoms with Crippen LogP contribution in [0.3, 0.4) is 0 Å². The molecule has 0 radical (unpaired) electrons. The first-order valence-electron chi connectivity index (χ1n) is 9.42. The standard InChI is InChI=1S/C23H20ClFN2O3/c24-17-3-1-2-15(12-17)21(28)26-19-8-4-16(5-9-19)23(13-30-14-23)22(29)27-20-10-6-18(25)7-11-20/h1-12,21,26,28H,13-14H2,(H,27,29). The number of ether oxygens (including phenoxy) is 1. The van der Waals surface area contributed by atoms with E-state index in [0.717, 1.165) is 5.56 Å². The van der Waals surface area contributed by atoms with Gasteiger partial charge in [-0.1, -0.05) is 35.9 Å². The van der Waals surface area contributed by atoms with Crippen LogP contribution in [0.5, 0.6) is 0 Å². The minimum absolute atomic E-state index is 0.208. The Kier molecular flexibility index (Phi) is 5.72. The van der Waals surface area contributed by atoms with Crippen LogP contribution in [-0.2, 0) is 14.9 Å². The number of benzene rings is 3. The van der Waals surface area contributed by atoms with E-state index in [1.54, 1.807) is 36.4 Å². The molecule has 1 heterocycles. The van der Waals surface area contributed by atoms with E-state index in [1.165, 1.54) is 24.3 Å². The van der Waals surface area contributed by atoms with Crippen molar-refractivity contribution in [3.63, 3.8) is 0 Å². The number of amides is 1. The number of aliphatic hydroxyl groups is 1. The third-order valence-electron chi connectivity index (χ3n) is 5.14. The summed E-state index contributed by atoms with van der Waals surface area (Å²) in [5.41, 5.74) is 1.86. The van der Waals surface area contributed by atoms with E-state index in [4.69, 9.17) is 16.3 Å². The normalized spacial score (nSPS) is 15.7. The van der Waals surface area contributed by atoms with E-state index in [1.807, 2.05) is 12.1 Å². The van der Waals surface area contributed by atoms with Crippen LogP contribution in [0.4, 0.5) is 15.8 Å². The zero-order valence-electron chi connectivity index (χ0n) is 15.9. The Morgan fingerprint density at radius 3 is 2.30 bits per heavy atom. The maximum atomic E-state index is 13.1. The van der Waals surface area contributed by atoms with Gasteiger partial charge in [-0.2, -0.15) is 0 Å². The van der Waals surface area contributed by atoms with E-state index < -0.39 is 11.6 Å². The van der Waals surface area contributed by atoms with E-state index in [9.17, 15) is 14.3 Å². The summed E-state index contributed by atoms with van der Waals surface area (Å²) in [4.78, 5) is 12.9. The zero-order valence-corrected chi connectivity index (χ0v) is 16.7. The minimum atomic E-state index is -0.919. The average Bonchev–Trinajstić information content (AvgIpc) is 2.70. The second-order valence-electron chi connectivity index (χ2n) is 7.22. The summed E-state index contributed by atoms with van der Waals surface area (Å²) in [6.07, 6.45) is -0.919. The van der Waals surface area contributed by atoms with Crippen LogP contribution in [0, 0.1) is 5.82 Å². The van der Waals surface area contributed by atoms with Gasteiger partial charge < -0.3 is 20.5 Å². The third kappa shape index (κ3) is 4.16. The van der Waals surface area contributed by atoms with Crippen LogP contribution in [0.1, 0.15) is 17.4 Å². The summed E-state index contributed by atoms with van der Waals surface area (Å²) in [5.74, 6) is -0.572. The Hall–Kier alpha value is -2.93. The molecule has 1 aliphatic rings. The summed E-state index contributed by atoms with van der Waals surface area (Å²) in [6.45, 7) is 0.524. The van der Waals surface area contributed by atoms with Crippen molar-refractivity contribution in [1.29, 1.82) is 0 Å². The maximum Gasteiger partial charge on any atom is 0.239 e. The van der Waals surface area contributed by atoms with Crippen molar-refractivity contribution in [2.75, 3.05) is 23.8 Å². The molecular weight excluding hydrogens is 407 g/mol. The first-order valence-corrected chi connectivity index (χ1v) is 9.79. The summed E-state index contributed by atoms with van der Waals surface area (Å²) >= 11 is 5.97. The molecule has 1 fully saturated rings. The number of rotatable bonds is 6. The molecule has 0 aromatic heterocycles. The van der Waals surface area contributed by atoms with Crippen molar-refractivity contribution in [1.82, 2.24) is 0 Å². The minimum Gasteiger partial charge on any atom is -0.378 e. The number of halogens is 2. The molecule has 7 heteroatoms. The zero-order chi connectivity index (χ0) is 21.1. The highest BCUT2D eigenvalue weighted by molar-refractivity contribution is 6.30. The van der Waals surface area contributed by atoms with Gasteiger partial charge in [-0.25, -0.2) is 4.39 Å². The van der Waals surface area contributed by atoms with E-state index in [0.29, 0.717) is 22.0 Å². The maximum absolute atomic E-state index is 13.1. The number of carbonyl (C=O) groups excluding carboxylic acids is 1. The molecule has 1 saturated heterocycles. The number of hydrogen-bond acceptors (Lipinski definition) is 4. The number of nitrogens with one attached hydrogen (secondary N) is 2. The molecule has 30 heavy (non-hydrogen) atoms. The lowest BCUT2D eigenvalue weighted by Crippen LogP contribution is -2.55. The fourth-order valence-corrected chi connectivity index (χ4v) is 3.52. The number of aliphatic hydroxyl groups excluding tert-OH is 1. The van der Waals surface area contributed by atoms with Crippen molar-refractivity contribution in [2.24, 2.45) is 0 Å². The molecule has 0 saturated carbocycles. The van der Waals surface area contributed by atoms with Crippen LogP contribution in [0.25, 0.3) is 0 Å². The average molecular weight is 427 g/mol. The van der Waals surface area contributed by atoms with Gasteiger partial charge in [0.15, 0.2) is 6.23 Å². The highest BCUT2D eigenvalue weighted by Gasteiger charge is 2.47. The summed E-state index contributed by atoms with van der Waals surface area (Å²) in [5, 5.41) is 16.8. The lowest BCUT2D eigenvalue weighted by Gasteiger charge is -2.40. The van der Waals surface area contributed by atoms with Gasteiger partial charge >= 0.3 is 0 Å². The van der Waals surface area contributed by atoms with Crippen molar-refractivity contribution < 1.29 is 19.0 Å². The molecule has 0 aliphatic carbocycles. The van der Waals surface area contributed by atoms with Gasteiger partial charge in [0.05, 0.1) is 13.2 Å². The molecule has 1 amide bonds. The number of hydrogen-bond donors (Lipinski definition) is 3. The predicted octanol–water partition coefficient (Wildman–Crippen LogP) is 4.49. The quantitative estimate of drug-likeness (QED) is 0.508. The highest BCUT2D eigenvalue weighted by atomic mass is 35.5. The molecule has 0 bridgehead atoms. The van der Waals surface area contributed by atoms with Gasteiger partial charge in [0, 0.05) is 22.0 Å². The Bertz CT molecular complexity index is 1040. The molecule has 5 nitrogen and oxygen atoms in total. The lowest BCUT2D eigenvalue weighted by molar-refractivity contribution is -0.139. The fourth-order valence-electron chi connectivity index (χ4n) is 3.32. The molecule has 0 spiro atoms. The van der Waals surface area contributed by atoms with E-state index in [2.05, 4.69) is 10.6 Å². The lowest BCUT2D eigenvalue weighted by atomic mass is 9.77. The second-order valence-corrected chi connectivity index (χ2v) is 7.65. The SMILES string of the molecule is O=C(Nc1ccc(F)cc1)C1(c2ccc(NC(O)c3cccc(Cl)c3)cc2)COC1. The van der Waals surface area contributed by atoms with Crippen LogP contribution < -0.4 is 10.6 Å². The van der Waals surface area contributed by atoms with Gasteiger partial charge in [0.2, 0.25) is 5.91 Å². The molecule has 4 rings (SSSR count). The predicted molar refractivity (Wildman–Crippen MR) is 114 cm³/mol. The van der Waals surface area contributed by atoms with Crippen molar-refractivity contribution in [2.45, 2.75) is 11.6 Å². The monoisotopic (exact) mass is 426 g/mol. The van der Waals surface area contributed by atoms with Crippen LogP contribution >= 0.6 is 11.6 Å². The molecule has 3 N–H and O–H groups in total. The van der Waals surface area contributed by atoms with Crippen molar-refractivity contribution in [3.05, 3.63) is 94.8 Å². The largest absolute Gasteiger partial charge is 0.378 e. The summed E-state index contributed by atoms with van der Waals surface area (Å²) in [6, 6.07) is 19.9. The fraction of sp³-hybridized carbons (Fsp3) is 0.174. The Morgan fingerprint density at radius 1 is 1.03 bits per heavy atom. The van der Waals surface area contributed by atoms with Crippen LogP contribution in [0.15, 0.2) is 72.8 Å². The number of anilines is 2. The van der Waals surface area contributed by atoms with Crippen LogP contribution in [0.2, 0.25) is 5.02 Å². The Labute approximate surface area is 178 Å². The Morgan fingerprint density at radius 2 is 1.70 bits per heavy atom. The van der Waals surface area contributed by atoms with E-state index in [-0.39, 0.29) is 24.9 Å². The topological polar surface area (TPSA) is 70.6 Å². The highest BCUT2D eigenvalue weighted by Crippen LogP contribution is 2.35. The van der Waals surface area contributed by atoms with Crippen LogP contribution in [-0.4, -0.2) is 24.2 Å². The van der Waals surface area contributed by atoms with Crippen molar-refractivity contribution in [3.8, 4) is 0 Å². The first kappa shape index (κ1) is 20.3.